The van der Waals surface area contributed by atoms with Gasteiger partial charge in [-0.3, -0.25) is 9.98 Å². The standard InChI is InChI=1S/C52H39N4OP/c57-58(43-15-3-1-4-16-43,44-17-5-2-6-18-44)45-31-29-39(30-32-45)49-35-48(38-25-21-36(22-26-38)46-19-7-11-40-13-9-33-53-50(40)46)55-52(56-49)42-27-23-37(24-28-42)47-20-8-12-41-14-10-34-54-51(41)47/h1-33,35,52,54,56H,34H2. The molecule has 3 heterocycles. The zero-order valence-electron chi connectivity index (χ0n) is 31.7. The van der Waals surface area contributed by atoms with Gasteiger partial charge in [-0.05, 0) is 45.5 Å². The molecular formula is C52H39N4OP. The fourth-order valence-corrected chi connectivity index (χ4v) is 10.7. The Bertz CT molecular complexity index is 2870. The van der Waals surface area contributed by atoms with Crippen molar-refractivity contribution in [3.05, 3.63) is 223 Å². The molecule has 2 N–H and O–H groups in total. The number of para-hydroxylation sites is 2. The summed E-state index contributed by atoms with van der Waals surface area (Å²) in [5, 5.41) is 10.8. The van der Waals surface area contributed by atoms with E-state index in [0.29, 0.717) is 0 Å². The summed E-state index contributed by atoms with van der Waals surface area (Å²) in [5.74, 6) is 0. The summed E-state index contributed by atoms with van der Waals surface area (Å²) in [7, 11) is -3.12. The molecule has 278 valence electrons. The first kappa shape index (κ1) is 35.4. The highest BCUT2D eigenvalue weighted by molar-refractivity contribution is 7.85. The Labute approximate surface area is 338 Å². The molecule has 0 saturated heterocycles. The molecule has 1 aromatic heterocycles. The maximum Gasteiger partial charge on any atom is 0.171 e. The SMILES string of the molecule is O=P(c1ccccc1)(c1ccccc1)c1ccc(C2=CC(c3ccc(-c4cccc5cccnc45)cc3)=NC(c3ccc(-c4cccc5c4NCC=C5)cc3)N2)cc1. The van der Waals surface area contributed by atoms with Crippen LogP contribution in [0.5, 0.6) is 0 Å². The average molecular weight is 767 g/mol. The highest BCUT2D eigenvalue weighted by atomic mass is 31.2. The van der Waals surface area contributed by atoms with E-state index in [4.69, 9.17) is 9.98 Å². The molecule has 0 fully saturated rings. The summed E-state index contributed by atoms with van der Waals surface area (Å²) in [5.41, 5.74) is 12.7. The van der Waals surface area contributed by atoms with Crippen molar-refractivity contribution in [3.63, 3.8) is 0 Å². The number of rotatable bonds is 8. The van der Waals surface area contributed by atoms with Crippen LogP contribution in [0, 0.1) is 0 Å². The minimum Gasteiger partial charge on any atom is -0.381 e. The number of nitrogens with zero attached hydrogens (tertiary/aromatic N) is 2. The number of anilines is 1. The predicted octanol–water partition coefficient (Wildman–Crippen LogP) is 10.8. The number of hydrogen-bond acceptors (Lipinski definition) is 5. The lowest BCUT2D eigenvalue weighted by Crippen LogP contribution is -2.26. The van der Waals surface area contributed by atoms with Gasteiger partial charge in [-0.25, -0.2) is 0 Å². The number of nitrogens with one attached hydrogen (secondary N) is 2. The van der Waals surface area contributed by atoms with Gasteiger partial charge in [0.25, 0.3) is 0 Å². The lowest BCUT2D eigenvalue weighted by Gasteiger charge is -2.26. The summed E-state index contributed by atoms with van der Waals surface area (Å²) in [6.45, 7) is 0.817. The van der Waals surface area contributed by atoms with Gasteiger partial charge in [-0.1, -0.05) is 188 Å². The second-order valence-corrected chi connectivity index (χ2v) is 17.3. The summed E-state index contributed by atoms with van der Waals surface area (Å²) < 4.78 is 15.1. The van der Waals surface area contributed by atoms with E-state index >= 15 is 4.57 Å². The molecule has 0 radical (unpaired) electrons. The van der Waals surface area contributed by atoms with Gasteiger partial charge in [-0.2, -0.15) is 0 Å². The monoisotopic (exact) mass is 766 g/mol. The zero-order valence-corrected chi connectivity index (χ0v) is 32.6. The maximum atomic E-state index is 15.1. The first-order valence-electron chi connectivity index (χ1n) is 19.6. The lowest BCUT2D eigenvalue weighted by molar-refractivity contribution is 0.592. The van der Waals surface area contributed by atoms with E-state index in [9.17, 15) is 0 Å². The van der Waals surface area contributed by atoms with Gasteiger partial charge in [0.05, 0.1) is 11.2 Å². The van der Waals surface area contributed by atoms with Crippen molar-refractivity contribution < 1.29 is 4.57 Å². The van der Waals surface area contributed by atoms with Crippen molar-refractivity contribution in [2.45, 2.75) is 6.17 Å². The van der Waals surface area contributed by atoms with Crippen LogP contribution in [0.3, 0.4) is 0 Å². The van der Waals surface area contributed by atoms with Crippen molar-refractivity contribution in [1.29, 1.82) is 0 Å². The normalized spacial score (nSPS) is 14.8. The summed E-state index contributed by atoms with van der Waals surface area (Å²) in [4.78, 5) is 10.0. The summed E-state index contributed by atoms with van der Waals surface area (Å²) >= 11 is 0. The van der Waals surface area contributed by atoms with Crippen LogP contribution < -0.4 is 26.5 Å². The first-order valence-corrected chi connectivity index (χ1v) is 21.3. The van der Waals surface area contributed by atoms with Gasteiger partial charge in [0.1, 0.15) is 6.17 Å². The van der Waals surface area contributed by atoms with Crippen LogP contribution in [0.2, 0.25) is 0 Å². The summed E-state index contributed by atoms with van der Waals surface area (Å²) in [6, 6.07) is 61.9. The number of hydrogen-bond donors (Lipinski definition) is 2. The fraction of sp³-hybridized carbons (Fsp3) is 0.0385. The predicted molar refractivity (Wildman–Crippen MR) is 243 cm³/mol. The molecule has 5 nitrogen and oxygen atoms in total. The molecule has 0 bridgehead atoms. The minimum atomic E-state index is -3.12. The van der Waals surface area contributed by atoms with E-state index in [1.54, 1.807) is 0 Å². The van der Waals surface area contributed by atoms with E-state index < -0.39 is 7.14 Å². The first-order chi connectivity index (χ1) is 28.6. The third-order valence-electron chi connectivity index (χ3n) is 11.1. The number of pyridine rings is 1. The van der Waals surface area contributed by atoms with Crippen LogP contribution in [0.15, 0.2) is 205 Å². The number of fused-ring (bicyclic) bond motifs is 2. The Morgan fingerprint density at radius 2 is 1.16 bits per heavy atom. The molecule has 1 unspecified atom stereocenters. The van der Waals surface area contributed by atoms with E-state index in [1.165, 1.54) is 11.1 Å². The van der Waals surface area contributed by atoms with Gasteiger partial charge >= 0.3 is 0 Å². The number of allylic oxidation sites excluding steroid dienone is 1. The fourth-order valence-electron chi connectivity index (χ4n) is 8.09. The molecule has 8 aromatic rings. The molecule has 0 saturated carbocycles. The quantitative estimate of drug-likeness (QED) is 0.151. The van der Waals surface area contributed by atoms with E-state index in [0.717, 1.165) is 83.8 Å². The third-order valence-corrected chi connectivity index (χ3v) is 14.2. The zero-order chi connectivity index (χ0) is 38.9. The second-order valence-electron chi connectivity index (χ2n) is 14.6. The Hall–Kier alpha value is -7.07. The van der Waals surface area contributed by atoms with Crippen LogP contribution in [-0.2, 0) is 4.57 Å². The molecule has 58 heavy (non-hydrogen) atoms. The van der Waals surface area contributed by atoms with Gasteiger partial charge in [0.15, 0.2) is 7.14 Å². The Morgan fingerprint density at radius 1 is 0.552 bits per heavy atom. The van der Waals surface area contributed by atoms with Gasteiger partial charge in [0, 0.05) is 56.6 Å². The van der Waals surface area contributed by atoms with Crippen LogP contribution >= 0.6 is 7.14 Å². The molecule has 1 atom stereocenters. The number of aliphatic imine (C=N–C) groups is 1. The van der Waals surface area contributed by atoms with Crippen LogP contribution in [0.1, 0.15) is 28.4 Å². The Kier molecular flexibility index (Phi) is 9.21. The van der Waals surface area contributed by atoms with Crippen molar-refractivity contribution in [2.75, 3.05) is 11.9 Å². The largest absolute Gasteiger partial charge is 0.381 e. The molecule has 6 heteroatoms. The molecule has 0 amide bonds. The highest BCUT2D eigenvalue weighted by Gasteiger charge is 2.30. The van der Waals surface area contributed by atoms with Gasteiger partial charge in [0.2, 0.25) is 0 Å². The highest BCUT2D eigenvalue weighted by Crippen LogP contribution is 2.43. The van der Waals surface area contributed by atoms with E-state index in [2.05, 4.69) is 132 Å². The van der Waals surface area contributed by atoms with Crippen molar-refractivity contribution in [1.82, 2.24) is 10.3 Å². The van der Waals surface area contributed by atoms with Gasteiger partial charge < -0.3 is 15.2 Å². The number of benzene rings is 7. The Balaban J connectivity index is 1.02. The van der Waals surface area contributed by atoms with Crippen LogP contribution in [-0.4, -0.2) is 17.2 Å². The molecular weight excluding hydrogens is 728 g/mol. The second kappa shape index (κ2) is 15.1. The lowest BCUT2D eigenvalue weighted by atomic mass is 9.96. The molecule has 0 spiro atoms. The van der Waals surface area contributed by atoms with Gasteiger partial charge in [-0.15, -0.1) is 0 Å². The molecule has 7 aromatic carbocycles. The van der Waals surface area contributed by atoms with Crippen molar-refractivity contribution in [2.24, 2.45) is 4.99 Å². The van der Waals surface area contributed by atoms with Crippen molar-refractivity contribution in [3.8, 4) is 22.3 Å². The topological polar surface area (TPSA) is 66.4 Å². The minimum absolute atomic E-state index is 0.337. The average Bonchev–Trinajstić information content (AvgIpc) is 3.31. The van der Waals surface area contributed by atoms with E-state index in [-0.39, 0.29) is 6.17 Å². The molecule has 2 aliphatic rings. The Morgan fingerprint density at radius 3 is 1.90 bits per heavy atom. The van der Waals surface area contributed by atoms with Crippen molar-refractivity contribution >= 4 is 57.1 Å². The molecule has 0 aliphatic carbocycles. The number of aromatic nitrogens is 1. The summed E-state index contributed by atoms with van der Waals surface area (Å²) in [6.07, 6.45) is 7.96. The van der Waals surface area contributed by atoms with Crippen LogP contribution in [0.4, 0.5) is 5.69 Å². The third kappa shape index (κ3) is 6.56. The van der Waals surface area contributed by atoms with E-state index in [1.807, 2.05) is 85.1 Å². The molecule has 2 aliphatic heterocycles. The maximum absolute atomic E-state index is 15.1. The molecule has 10 rings (SSSR count). The van der Waals surface area contributed by atoms with Crippen LogP contribution in [0.25, 0.3) is 44.9 Å². The smallest absolute Gasteiger partial charge is 0.171 e.